The zero-order chi connectivity index (χ0) is 14.1. The quantitative estimate of drug-likeness (QED) is 0.602. The van der Waals surface area contributed by atoms with Crippen molar-refractivity contribution in [2.75, 3.05) is 0 Å². The van der Waals surface area contributed by atoms with Gasteiger partial charge in [-0.15, -0.1) is 0 Å². The molecule has 0 spiro atoms. The van der Waals surface area contributed by atoms with E-state index in [1.165, 1.54) is 4.57 Å². The molecular weight excluding hydrogens is 282 g/mol. The van der Waals surface area contributed by atoms with Crippen LogP contribution >= 0.6 is 12.2 Å². The second-order valence-corrected chi connectivity index (χ2v) is 4.03. The van der Waals surface area contributed by atoms with Crippen LogP contribution in [0.15, 0.2) is 12.4 Å². The molecule has 1 heterocycles. The number of hydrogen-bond acceptors (Lipinski definition) is 1. The van der Waals surface area contributed by atoms with E-state index >= 15 is 0 Å². The molecule has 0 aliphatic rings. The molecule has 0 atom stereocenters. The van der Waals surface area contributed by atoms with E-state index in [-0.39, 0.29) is 11.1 Å². The van der Waals surface area contributed by atoms with Crippen molar-refractivity contribution in [2.45, 2.75) is 38.3 Å². The van der Waals surface area contributed by atoms with Gasteiger partial charge in [-0.05, 0) is 18.6 Å². The smallest absolute Gasteiger partial charge is 0.324 e. The summed E-state index contributed by atoms with van der Waals surface area (Å²) in [5.41, 5.74) is 0. The first kappa shape index (κ1) is 15.1. The number of alkyl halides is 6. The highest BCUT2D eigenvalue weighted by Crippen LogP contribution is 2.43. The Morgan fingerprint density at radius 3 is 2.00 bits per heavy atom. The zero-order valence-corrected chi connectivity index (χ0v) is 10.0. The number of aromatic nitrogens is 2. The Hall–Kier alpha value is -0.990. The highest BCUT2D eigenvalue weighted by atomic mass is 32.1. The van der Waals surface area contributed by atoms with Gasteiger partial charge in [-0.1, -0.05) is 6.92 Å². The molecule has 0 saturated heterocycles. The predicted molar refractivity (Wildman–Crippen MR) is 54.7 cm³/mol. The molecule has 18 heavy (non-hydrogen) atoms. The van der Waals surface area contributed by atoms with E-state index in [0.29, 0.717) is 12.6 Å². The summed E-state index contributed by atoms with van der Waals surface area (Å²) < 4.78 is 75.6. The van der Waals surface area contributed by atoms with E-state index in [4.69, 9.17) is 0 Å². The van der Waals surface area contributed by atoms with Gasteiger partial charge < -0.3 is 9.13 Å². The van der Waals surface area contributed by atoms with E-state index in [2.05, 4.69) is 12.2 Å². The van der Waals surface area contributed by atoms with Crippen LogP contribution in [0.3, 0.4) is 0 Å². The van der Waals surface area contributed by atoms with Crippen molar-refractivity contribution in [2.24, 2.45) is 0 Å². The first-order chi connectivity index (χ1) is 8.09. The number of nitrogens with zero attached hydrogens (tertiary/aromatic N) is 2. The van der Waals surface area contributed by atoms with Crippen LogP contribution in [0, 0.1) is 4.77 Å². The molecule has 1 rings (SSSR count). The summed E-state index contributed by atoms with van der Waals surface area (Å²) in [6, 6.07) is -3.60. The van der Waals surface area contributed by atoms with Crippen LogP contribution in [0.25, 0.3) is 0 Å². The molecule has 1 aromatic heterocycles. The Balaban J connectivity index is 3.28. The monoisotopic (exact) mass is 292 g/mol. The molecule has 1 aromatic rings. The second-order valence-electron chi connectivity index (χ2n) is 3.67. The van der Waals surface area contributed by atoms with Crippen molar-refractivity contribution >= 4 is 12.2 Å². The topological polar surface area (TPSA) is 9.86 Å². The van der Waals surface area contributed by atoms with Gasteiger partial charge in [-0.25, -0.2) is 0 Å². The van der Waals surface area contributed by atoms with E-state index in [0.717, 1.165) is 6.20 Å². The van der Waals surface area contributed by atoms with Crippen molar-refractivity contribution in [3.63, 3.8) is 0 Å². The highest BCUT2D eigenvalue weighted by molar-refractivity contribution is 7.71. The van der Waals surface area contributed by atoms with E-state index in [1.807, 2.05) is 0 Å². The molecule has 0 aromatic carbocycles. The van der Waals surface area contributed by atoms with Crippen molar-refractivity contribution in [3.8, 4) is 0 Å². The van der Waals surface area contributed by atoms with Crippen LogP contribution in [0.1, 0.15) is 19.4 Å². The number of halogens is 6. The van der Waals surface area contributed by atoms with Crippen molar-refractivity contribution in [3.05, 3.63) is 17.2 Å². The van der Waals surface area contributed by atoms with Gasteiger partial charge in [0.1, 0.15) is 0 Å². The fraction of sp³-hybridized carbons (Fsp3) is 0.667. The Morgan fingerprint density at radius 1 is 1.11 bits per heavy atom. The summed E-state index contributed by atoms with van der Waals surface area (Å²) in [4.78, 5) is 0. The van der Waals surface area contributed by atoms with Crippen LogP contribution in [0.4, 0.5) is 26.3 Å². The number of hydrogen-bond donors (Lipinski definition) is 0. The third-order valence-corrected chi connectivity index (χ3v) is 2.68. The minimum atomic E-state index is -5.44. The minimum absolute atomic E-state index is 0.0327. The normalized spacial score (nSPS) is 13.3. The van der Waals surface area contributed by atoms with Crippen molar-refractivity contribution in [1.29, 1.82) is 0 Å². The minimum Gasteiger partial charge on any atom is -0.324 e. The maximum atomic E-state index is 12.5. The number of imidazole rings is 1. The third kappa shape index (κ3) is 3.06. The standard InChI is InChI=1S/C9H10F6N2S/c1-2-3-16-4-5-17(7(16)18)6(8(10,11)12)9(13,14)15/h4-6H,2-3H2,1H3. The van der Waals surface area contributed by atoms with Crippen molar-refractivity contribution in [1.82, 2.24) is 9.13 Å². The molecule has 0 unspecified atom stereocenters. The van der Waals surface area contributed by atoms with Gasteiger partial charge in [-0.2, -0.15) is 26.3 Å². The molecule has 0 aliphatic carbocycles. The van der Waals surface area contributed by atoms with Crippen LogP contribution < -0.4 is 0 Å². The summed E-state index contributed by atoms with van der Waals surface area (Å²) in [5.74, 6) is 0. The summed E-state index contributed by atoms with van der Waals surface area (Å²) in [5, 5.41) is 0. The maximum absolute atomic E-state index is 12.5. The predicted octanol–water partition coefficient (Wildman–Crippen LogP) is 4.09. The van der Waals surface area contributed by atoms with Crippen LogP contribution in [0.5, 0.6) is 0 Å². The molecule has 0 bridgehead atoms. The Morgan fingerprint density at radius 2 is 1.61 bits per heavy atom. The molecule has 2 nitrogen and oxygen atoms in total. The van der Waals surface area contributed by atoms with Gasteiger partial charge in [0.2, 0.25) is 6.04 Å². The zero-order valence-electron chi connectivity index (χ0n) is 9.22. The lowest BCUT2D eigenvalue weighted by molar-refractivity contribution is -0.274. The lowest BCUT2D eigenvalue weighted by Gasteiger charge is -2.24. The molecule has 0 radical (unpaired) electrons. The lowest BCUT2D eigenvalue weighted by atomic mass is 10.3. The molecule has 0 amide bonds. The highest BCUT2D eigenvalue weighted by Gasteiger charge is 2.58. The third-order valence-electron chi connectivity index (χ3n) is 2.24. The fourth-order valence-electron chi connectivity index (χ4n) is 1.54. The Bertz CT molecular complexity index is 441. The molecule has 0 aliphatic heterocycles. The van der Waals surface area contributed by atoms with Crippen molar-refractivity contribution < 1.29 is 26.3 Å². The molecule has 0 fully saturated rings. The first-order valence-corrected chi connectivity index (χ1v) is 5.40. The van der Waals surface area contributed by atoms with E-state index < -0.39 is 23.2 Å². The van der Waals surface area contributed by atoms with E-state index in [9.17, 15) is 26.3 Å². The van der Waals surface area contributed by atoms with Crippen LogP contribution in [-0.2, 0) is 6.54 Å². The molecule has 0 N–H and O–H groups in total. The van der Waals surface area contributed by atoms with Gasteiger partial charge in [0.15, 0.2) is 4.77 Å². The Kier molecular flexibility index (Phi) is 4.14. The fourth-order valence-corrected chi connectivity index (χ4v) is 1.86. The molecule has 9 heteroatoms. The summed E-state index contributed by atoms with van der Waals surface area (Å²) in [6.07, 6.45) is -8.48. The number of rotatable bonds is 3. The molecule has 0 saturated carbocycles. The summed E-state index contributed by atoms with van der Waals surface area (Å²) in [6.45, 7) is 2.01. The van der Waals surface area contributed by atoms with Gasteiger partial charge in [0, 0.05) is 18.9 Å². The summed E-state index contributed by atoms with van der Waals surface area (Å²) in [7, 11) is 0. The summed E-state index contributed by atoms with van der Waals surface area (Å²) >= 11 is 4.63. The van der Waals surface area contributed by atoms with Gasteiger partial charge in [0.05, 0.1) is 0 Å². The van der Waals surface area contributed by atoms with Crippen LogP contribution in [-0.4, -0.2) is 21.5 Å². The van der Waals surface area contributed by atoms with Gasteiger partial charge >= 0.3 is 12.4 Å². The molecular formula is C9H10F6N2S. The lowest BCUT2D eigenvalue weighted by Crippen LogP contribution is -2.38. The number of aryl methyl sites for hydroxylation is 1. The average Bonchev–Trinajstić information content (AvgIpc) is 2.46. The molecule has 104 valence electrons. The first-order valence-electron chi connectivity index (χ1n) is 4.99. The average molecular weight is 292 g/mol. The van der Waals surface area contributed by atoms with Gasteiger partial charge in [-0.3, -0.25) is 0 Å². The van der Waals surface area contributed by atoms with Gasteiger partial charge in [0.25, 0.3) is 0 Å². The second kappa shape index (κ2) is 4.94. The van der Waals surface area contributed by atoms with Crippen LogP contribution in [0.2, 0.25) is 0 Å². The largest absolute Gasteiger partial charge is 0.418 e. The Labute approximate surface area is 104 Å². The van der Waals surface area contributed by atoms with E-state index in [1.54, 1.807) is 6.92 Å². The SMILES string of the molecule is CCCn1ccn(C(C(F)(F)F)C(F)(F)F)c1=S. The maximum Gasteiger partial charge on any atom is 0.418 e.